The van der Waals surface area contributed by atoms with Gasteiger partial charge in [0, 0.05) is 24.9 Å². The zero-order valence-electron chi connectivity index (χ0n) is 17.7. The lowest BCUT2D eigenvalue weighted by molar-refractivity contribution is 0.0732. The predicted octanol–water partition coefficient (Wildman–Crippen LogP) is 4.04. The molecule has 0 fully saturated rings. The smallest absolute Gasteiger partial charge is 0.256 e. The van der Waals surface area contributed by atoms with Gasteiger partial charge in [0.1, 0.15) is 11.6 Å². The molecule has 0 aliphatic carbocycles. The number of rotatable bonds is 6. The van der Waals surface area contributed by atoms with Crippen molar-refractivity contribution in [1.29, 1.82) is 0 Å². The summed E-state index contributed by atoms with van der Waals surface area (Å²) in [6.45, 7) is 2.94. The van der Waals surface area contributed by atoms with Crippen LogP contribution in [0, 0.1) is 5.82 Å². The molecule has 2 heterocycles. The van der Waals surface area contributed by atoms with Crippen LogP contribution in [0.5, 0.6) is 0 Å². The normalized spacial score (nSPS) is 13.2. The first-order valence-corrected chi connectivity index (χ1v) is 10.8. The van der Waals surface area contributed by atoms with Gasteiger partial charge in [-0.3, -0.25) is 9.59 Å². The number of aryl methyl sites for hydroxylation is 1. The van der Waals surface area contributed by atoms with Gasteiger partial charge in [0.25, 0.3) is 11.5 Å². The fourth-order valence-corrected chi connectivity index (χ4v) is 3.91. The molecule has 0 spiro atoms. The minimum absolute atomic E-state index is 0.0671. The van der Waals surface area contributed by atoms with Crippen LogP contribution in [0.25, 0.3) is 0 Å². The molecular formula is C25H26FN3O2. The van der Waals surface area contributed by atoms with E-state index in [0.717, 1.165) is 30.5 Å². The van der Waals surface area contributed by atoms with Gasteiger partial charge in [-0.25, -0.2) is 9.37 Å². The second-order valence-corrected chi connectivity index (χ2v) is 8.02. The SMILES string of the molecule is CCCCc1ccc(C(=O)N2CCc3nc(Cc4ccc(F)cc4)[nH]c(=O)c3C2)cc1. The molecular weight excluding hydrogens is 393 g/mol. The van der Waals surface area contributed by atoms with Gasteiger partial charge < -0.3 is 9.88 Å². The maximum atomic E-state index is 13.1. The van der Waals surface area contributed by atoms with Crippen molar-refractivity contribution in [3.05, 3.63) is 98.5 Å². The van der Waals surface area contributed by atoms with Crippen LogP contribution in [0.1, 0.15) is 58.3 Å². The highest BCUT2D eigenvalue weighted by Gasteiger charge is 2.25. The van der Waals surface area contributed by atoms with Crippen LogP contribution in [-0.4, -0.2) is 27.3 Å². The van der Waals surface area contributed by atoms with Crippen LogP contribution in [0.3, 0.4) is 0 Å². The number of hydrogen-bond acceptors (Lipinski definition) is 3. The van der Waals surface area contributed by atoms with E-state index in [4.69, 9.17) is 0 Å². The topological polar surface area (TPSA) is 66.1 Å². The third kappa shape index (κ3) is 4.90. The average Bonchev–Trinajstić information content (AvgIpc) is 2.79. The first-order valence-electron chi connectivity index (χ1n) is 10.8. The van der Waals surface area contributed by atoms with E-state index < -0.39 is 0 Å². The van der Waals surface area contributed by atoms with Crippen LogP contribution in [0.2, 0.25) is 0 Å². The van der Waals surface area contributed by atoms with Crippen LogP contribution in [-0.2, 0) is 25.8 Å². The van der Waals surface area contributed by atoms with Gasteiger partial charge in [-0.1, -0.05) is 37.6 Å². The number of carbonyl (C=O) groups excluding carboxylic acids is 1. The van der Waals surface area contributed by atoms with Crippen molar-refractivity contribution >= 4 is 5.91 Å². The van der Waals surface area contributed by atoms with Crippen molar-refractivity contribution in [3.63, 3.8) is 0 Å². The quantitative estimate of drug-likeness (QED) is 0.656. The summed E-state index contributed by atoms with van der Waals surface area (Å²) in [5.74, 6) is 0.191. The molecule has 0 atom stereocenters. The highest BCUT2D eigenvalue weighted by molar-refractivity contribution is 5.94. The number of benzene rings is 2. The largest absolute Gasteiger partial charge is 0.334 e. The molecule has 0 bridgehead atoms. The summed E-state index contributed by atoms with van der Waals surface area (Å²) in [7, 11) is 0. The van der Waals surface area contributed by atoms with Crippen molar-refractivity contribution in [2.75, 3.05) is 6.54 Å². The molecule has 1 aliphatic heterocycles. The Morgan fingerprint density at radius 2 is 1.81 bits per heavy atom. The number of aromatic amines is 1. The molecule has 0 saturated carbocycles. The van der Waals surface area contributed by atoms with Crippen LogP contribution >= 0.6 is 0 Å². The second-order valence-electron chi connectivity index (χ2n) is 8.02. The molecule has 6 heteroatoms. The number of nitrogens with zero attached hydrogens (tertiary/aromatic N) is 2. The molecule has 0 radical (unpaired) electrons. The summed E-state index contributed by atoms with van der Waals surface area (Å²) in [5.41, 5.74) is 3.81. The molecule has 160 valence electrons. The van der Waals surface area contributed by atoms with Crippen molar-refractivity contribution in [2.45, 2.75) is 45.6 Å². The molecule has 0 saturated heterocycles. The van der Waals surface area contributed by atoms with Gasteiger partial charge in [-0.05, 0) is 48.2 Å². The summed E-state index contributed by atoms with van der Waals surface area (Å²) in [6.07, 6.45) is 4.26. The number of halogens is 1. The fourth-order valence-electron chi connectivity index (χ4n) is 3.91. The number of aromatic nitrogens is 2. The summed E-state index contributed by atoms with van der Waals surface area (Å²) in [5, 5.41) is 0. The number of unbranched alkanes of at least 4 members (excludes halogenated alkanes) is 1. The van der Waals surface area contributed by atoms with Gasteiger partial charge in [0.15, 0.2) is 0 Å². The molecule has 4 rings (SSSR count). The summed E-state index contributed by atoms with van der Waals surface area (Å²) in [6, 6.07) is 13.9. The lowest BCUT2D eigenvalue weighted by Gasteiger charge is -2.28. The minimum Gasteiger partial charge on any atom is -0.334 e. The summed E-state index contributed by atoms with van der Waals surface area (Å²) in [4.78, 5) is 34.8. The van der Waals surface area contributed by atoms with E-state index in [1.54, 1.807) is 17.0 Å². The van der Waals surface area contributed by atoms with E-state index >= 15 is 0 Å². The molecule has 1 amide bonds. The van der Waals surface area contributed by atoms with Crippen molar-refractivity contribution < 1.29 is 9.18 Å². The summed E-state index contributed by atoms with van der Waals surface area (Å²) >= 11 is 0. The molecule has 1 aliphatic rings. The highest BCUT2D eigenvalue weighted by atomic mass is 19.1. The fraction of sp³-hybridized carbons (Fsp3) is 0.320. The van der Waals surface area contributed by atoms with E-state index in [1.165, 1.54) is 17.7 Å². The van der Waals surface area contributed by atoms with E-state index in [1.807, 2.05) is 24.3 Å². The Morgan fingerprint density at radius 3 is 2.52 bits per heavy atom. The predicted molar refractivity (Wildman–Crippen MR) is 118 cm³/mol. The molecule has 31 heavy (non-hydrogen) atoms. The van der Waals surface area contributed by atoms with E-state index in [2.05, 4.69) is 16.9 Å². The number of amides is 1. The van der Waals surface area contributed by atoms with Gasteiger partial charge in [0.2, 0.25) is 0 Å². The monoisotopic (exact) mass is 419 g/mol. The maximum Gasteiger partial charge on any atom is 0.256 e. The Balaban J connectivity index is 1.47. The molecule has 1 aromatic heterocycles. The Bertz CT molecular complexity index is 1120. The Morgan fingerprint density at radius 1 is 1.10 bits per heavy atom. The zero-order valence-corrected chi connectivity index (χ0v) is 17.7. The van der Waals surface area contributed by atoms with E-state index in [0.29, 0.717) is 36.3 Å². The van der Waals surface area contributed by atoms with Gasteiger partial charge in [-0.2, -0.15) is 0 Å². The average molecular weight is 420 g/mol. The van der Waals surface area contributed by atoms with Crippen LogP contribution in [0.4, 0.5) is 4.39 Å². The number of H-pyrrole nitrogens is 1. The van der Waals surface area contributed by atoms with Gasteiger partial charge in [0.05, 0.1) is 17.8 Å². The number of carbonyl (C=O) groups is 1. The third-order valence-electron chi connectivity index (χ3n) is 5.71. The van der Waals surface area contributed by atoms with Crippen LogP contribution < -0.4 is 5.56 Å². The van der Waals surface area contributed by atoms with E-state index in [-0.39, 0.29) is 23.8 Å². The second kappa shape index (κ2) is 9.25. The van der Waals surface area contributed by atoms with Crippen molar-refractivity contribution in [2.24, 2.45) is 0 Å². The lowest BCUT2D eigenvalue weighted by atomic mass is 10.0. The Hall–Kier alpha value is -3.28. The molecule has 5 nitrogen and oxygen atoms in total. The molecule has 0 unspecified atom stereocenters. The highest BCUT2D eigenvalue weighted by Crippen LogP contribution is 2.18. The maximum absolute atomic E-state index is 13.1. The third-order valence-corrected chi connectivity index (χ3v) is 5.71. The lowest BCUT2D eigenvalue weighted by Crippen LogP contribution is -2.39. The number of fused-ring (bicyclic) bond motifs is 1. The Labute approximate surface area is 181 Å². The van der Waals surface area contributed by atoms with Crippen molar-refractivity contribution in [1.82, 2.24) is 14.9 Å². The van der Waals surface area contributed by atoms with Gasteiger partial charge >= 0.3 is 0 Å². The standard InChI is InChI=1S/C25H26FN3O2/c1-2-3-4-17-5-9-19(10-6-17)25(31)29-14-13-22-21(16-29)24(30)28-23(27-22)15-18-7-11-20(26)12-8-18/h5-12H,2-4,13-16H2,1H3,(H,27,28,30). The summed E-state index contributed by atoms with van der Waals surface area (Å²) < 4.78 is 13.1. The molecule has 1 N–H and O–H groups in total. The Kier molecular flexibility index (Phi) is 6.26. The zero-order chi connectivity index (χ0) is 21.8. The first kappa shape index (κ1) is 21.0. The molecule has 3 aromatic rings. The minimum atomic E-state index is -0.295. The van der Waals surface area contributed by atoms with Gasteiger partial charge in [-0.15, -0.1) is 0 Å². The first-order chi connectivity index (χ1) is 15.0. The van der Waals surface area contributed by atoms with Crippen molar-refractivity contribution in [3.8, 4) is 0 Å². The molecule has 2 aromatic carbocycles. The van der Waals surface area contributed by atoms with Crippen LogP contribution in [0.15, 0.2) is 53.3 Å². The van der Waals surface area contributed by atoms with E-state index in [9.17, 15) is 14.0 Å². The number of hydrogen-bond donors (Lipinski definition) is 1. The number of nitrogens with one attached hydrogen (secondary N) is 1.